The molecule has 0 aromatic heterocycles. The number of rotatable bonds is 7. The molecule has 0 fully saturated rings. The molecule has 2 atom stereocenters. The summed E-state index contributed by atoms with van der Waals surface area (Å²) in [7, 11) is 0. The van der Waals surface area contributed by atoms with Crippen molar-refractivity contribution in [3.8, 4) is 0 Å². The van der Waals surface area contributed by atoms with Gasteiger partial charge in [0, 0.05) is 6.04 Å². The highest BCUT2D eigenvalue weighted by molar-refractivity contribution is 5.78. The number of hydrogen-bond donors (Lipinski definition) is 2. The Labute approximate surface area is 123 Å². The van der Waals surface area contributed by atoms with Gasteiger partial charge in [-0.2, -0.15) is 0 Å². The fourth-order valence-corrected chi connectivity index (χ4v) is 1.96. The Bertz CT molecular complexity index is 412. The van der Waals surface area contributed by atoms with Gasteiger partial charge in [0.05, 0.1) is 12.6 Å². The standard InChI is InChI=1S/C17H28N2O/c1-6-13(4)18-11-17(20)19-14(5)16-9-7-15(8-10-16)12(2)3/h7-10,12-14,18H,6,11H2,1-5H3,(H,19,20). The molecule has 3 nitrogen and oxygen atoms in total. The van der Waals surface area contributed by atoms with Crippen molar-refractivity contribution in [3.05, 3.63) is 35.4 Å². The van der Waals surface area contributed by atoms with Crippen LogP contribution >= 0.6 is 0 Å². The molecular formula is C17H28N2O. The zero-order chi connectivity index (χ0) is 15.1. The molecule has 0 saturated carbocycles. The van der Waals surface area contributed by atoms with Crippen molar-refractivity contribution < 1.29 is 4.79 Å². The van der Waals surface area contributed by atoms with E-state index in [0.717, 1.165) is 12.0 Å². The summed E-state index contributed by atoms with van der Waals surface area (Å²) in [5.74, 6) is 0.583. The minimum Gasteiger partial charge on any atom is -0.348 e. The number of carbonyl (C=O) groups is 1. The molecule has 1 amide bonds. The number of nitrogens with one attached hydrogen (secondary N) is 2. The molecule has 2 N–H and O–H groups in total. The molecule has 20 heavy (non-hydrogen) atoms. The van der Waals surface area contributed by atoms with Crippen molar-refractivity contribution >= 4 is 5.91 Å². The second-order valence-electron chi connectivity index (χ2n) is 5.80. The van der Waals surface area contributed by atoms with Crippen LogP contribution in [0.2, 0.25) is 0 Å². The SMILES string of the molecule is CCC(C)NCC(=O)NC(C)c1ccc(C(C)C)cc1. The van der Waals surface area contributed by atoms with E-state index in [2.05, 4.69) is 62.6 Å². The lowest BCUT2D eigenvalue weighted by molar-refractivity contribution is -0.121. The molecule has 1 aromatic rings. The largest absolute Gasteiger partial charge is 0.348 e. The molecule has 0 aliphatic carbocycles. The molecule has 0 heterocycles. The minimum absolute atomic E-state index is 0.0439. The van der Waals surface area contributed by atoms with Gasteiger partial charge >= 0.3 is 0 Å². The van der Waals surface area contributed by atoms with E-state index in [-0.39, 0.29) is 11.9 Å². The van der Waals surface area contributed by atoms with Crippen LogP contribution in [-0.2, 0) is 4.79 Å². The van der Waals surface area contributed by atoms with Gasteiger partial charge in [0.25, 0.3) is 0 Å². The first-order valence-corrected chi connectivity index (χ1v) is 7.56. The van der Waals surface area contributed by atoms with Gasteiger partial charge in [0.1, 0.15) is 0 Å². The van der Waals surface area contributed by atoms with Crippen molar-refractivity contribution in [2.24, 2.45) is 0 Å². The molecule has 1 aromatic carbocycles. The van der Waals surface area contributed by atoms with E-state index in [1.54, 1.807) is 0 Å². The van der Waals surface area contributed by atoms with Gasteiger partial charge in [0.2, 0.25) is 5.91 Å². The highest BCUT2D eigenvalue weighted by Gasteiger charge is 2.10. The van der Waals surface area contributed by atoms with Crippen LogP contribution in [0.15, 0.2) is 24.3 Å². The summed E-state index contributed by atoms with van der Waals surface area (Å²) in [6, 6.07) is 8.90. The first-order chi connectivity index (χ1) is 9.43. The van der Waals surface area contributed by atoms with E-state index < -0.39 is 0 Å². The van der Waals surface area contributed by atoms with Gasteiger partial charge in [-0.1, -0.05) is 45.0 Å². The molecule has 0 radical (unpaired) electrons. The van der Waals surface area contributed by atoms with Gasteiger partial charge in [-0.05, 0) is 37.3 Å². The van der Waals surface area contributed by atoms with E-state index in [4.69, 9.17) is 0 Å². The molecule has 0 bridgehead atoms. The monoisotopic (exact) mass is 276 g/mol. The lowest BCUT2D eigenvalue weighted by atomic mass is 9.99. The Morgan fingerprint density at radius 3 is 2.10 bits per heavy atom. The van der Waals surface area contributed by atoms with Crippen molar-refractivity contribution in [1.29, 1.82) is 0 Å². The summed E-state index contributed by atoms with van der Waals surface area (Å²) in [5.41, 5.74) is 2.47. The minimum atomic E-state index is 0.0439. The summed E-state index contributed by atoms with van der Waals surface area (Å²) in [6.45, 7) is 11.0. The average molecular weight is 276 g/mol. The normalized spacial score (nSPS) is 14.1. The molecule has 1 rings (SSSR count). The van der Waals surface area contributed by atoms with Crippen LogP contribution in [-0.4, -0.2) is 18.5 Å². The molecule has 0 aliphatic rings. The third-order valence-electron chi connectivity index (χ3n) is 3.70. The molecule has 112 valence electrons. The Kier molecular flexibility index (Phi) is 6.73. The first-order valence-electron chi connectivity index (χ1n) is 7.56. The van der Waals surface area contributed by atoms with Crippen LogP contribution in [0.3, 0.4) is 0 Å². The summed E-state index contributed by atoms with van der Waals surface area (Å²) in [5, 5.41) is 6.22. The second kappa shape index (κ2) is 8.05. The molecule has 0 spiro atoms. The fourth-order valence-electron chi connectivity index (χ4n) is 1.96. The summed E-state index contributed by atoms with van der Waals surface area (Å²) in [4.78, 5) is 11.8. The maximum Gasteiger partial charge on any atom is 0.234 e. The lowest BCUT2D eigenvalue weighted by Crippen LogP contribution is -2.38. The van der Waals surface area contributed by atoms with Crippen molar-refractivity contribution in [2.75, 3.05) is 6.54 Å². The predicted molar refractivity (Wildman–Crippen MR) is 84.8 cm³/mol. The predicted octanol–water partition coefficient (Wildman–Crippen LogP) is 3.38. The van der Waals surface area contributed by atoms with Crippen LogP contribution in [0.25, 0.3) is 0 Å². The second-order valence-corrected chi connectivity index (χ2v) is 5.80. The van der Waals surface area contributed by atoms with Gasteiger partial charge < -0.3 is 10.6 Å². The number of carbonyl (C=O) groups excluding carboxylic acids is 1. The van der Waals surface area contributed by atoms with Gasteiger partial charge in [-0.15, -0.1) is 0 Å². The molecule has 2 unspecified atom stereocenters. The van der Waals surface area contributed by atoms with E-state index in [9.17, 15) is 4.79 Å². The van der Waals surface area contributed by atoms with Crippen LogP contribution in [0.1, 0.15) is 64.1 Å². The first kappa shape index (κ1) is 16.7. The smallest absolute Gasteiger partial charge is 0.234 e. The van der Waals surface area contributed by atoms with Gasteiger partial charge in [-0.25, -0.2) is 0 Å². The average Bonchev–Trinajstić information content (AvgIpc) is 2.44. The summed E-state index contributed by atoms with van der Waals surface area (Å²) in [6.07, 6.45) is 1.03. The van der Waals surface area contributed by atoms with Crippen molar-refractivity contribution in [3.63, 3.8) is 0 Å². The molecular weight excluding hydrogens is 248 g/mol. The van der Waals surface area contributed by atoms with Gasteiger partial charge in [0.15, 0.2) is 0 Å². The maximum atomic E-state index is 11.8. The highest BCUT2D eigenvalue weighted by Crippen LogP contribution is 2.18. The van der Waals surface area contributed by atoms with Crippen molar-refractivity contribution in [1.82, 2.24) is 10.6 Å². The molecule has 3 heteroatoms. The number of benzene rings is 1. The van der Waals surface area contributed by atoms with E-state index >= 15 is 0 Å². The Morgan fingerprint density at radius 1 is 1.05 bits per heavy atom. The Hall–Kier alpha value is -1.35. The third kappa shape index (κ3) is 5.33. The Morgan fingerprint density at radius 2 is 1.60 bits per heavy atom. The van der Waals surface area contributed by atoms with Crippen LogP contribution < -0.4 is 10.6 Å². The maximum absolute atomic E-state index is 11.8. The summed E-state index contributed by atoms with van der Waals surface area (Å²) < 4.78 is 0. The number of hydrogen-bond acceptors (Lipinski definition) is 2. The van der Waals surface area contributed by atoms with E-state index in [1.807, 2.05) is 6.92 Å². The lowest BCUT2D eigenvalue weighted by Gasteiger charge is -2.17. The van der Waals surface area contributed by atoms with Gasteiger partial charge in [-0.3, -0.25) is 4.79 Å². The molecule has 0 aliphatic heterocycles. The van der Waals surface area contributed by atoms with Crippen molar-refractivity contribution in [2.45, 2.75) is 59.0 Å². The quantitative estimate of drug-likeness (QED) is 0.801. The van der Waals surface area contributed by atoms with E-state index in [1.165, 1.54) is 5.56 Å². The zero-order valence-corrected chi connectivity index (χ0v) is 13.4. The Balaban J connectivity index is 2.49. The fraction of sp³-hybridized carbons (Fsp3) is 0.588. The zero-order valence-electron chi connectivity index (χ0n) is 13.4. The molecule has 0 saturated heterocycles. The van der Waals surface area contributed by atoms with Crippen LogP contribution in [0, 0.1) is 0 Å². The van der Waals surface area contributed by atoms with Crippen LogP contribution in [0.4, 0.5) is 0 Å². The van der Waals surface area contributed by atoms with E-state index in [0.29, 0.717) is 18.5 Å². The third-order valence-corrected chi connectivity index (χ3v) is 3.70. The summed E-state index contributed by atoms with van der Waals surface area (Å²) >= 11 is 0. The topological polar surface area (TPSA) is 41.1 Å². The highest BCUT2D eigenvalue weighted by atomic mass is 16.1. The van der Waals surface area contributed by atoms with Crippen LogP contribution in [0.5, 0.6) is 0 Å². The number of amides is 1.